The van der Waals surface area contributed by atoms with Crippen molar-refractivity contribution in [2.24, 2.45) is 0 Å². The van der Waals surface area contributed by atoms with Gasteiger partial charge >= 0.3 is 12.2 Å². The molecule has 0 atom stereocenters. The molecule has 0 radical (unpaired) electrons. The third-order valence-corrected chi connectivity index (χ3v) is 3.51. The topological polar surface area (TPSA) is 94.2 Å². The maximum absolute atomic E-state index is 12.6. The molecule has 4 N–H and O–H groups in total. The zero-order valence-electron chi connectivity index (χ0n) is 12.2. The van der Waals surface area contributed by atoms with Crippen molar-refractivity contribution in [3.63, 3.8) is 0 Å². The maximum Gasteiger partial charge on any atom is 0.417 e. The number of hydrogen-bond donors (Lipinski definition) is 4. The molecular formula is C13H18F3N3O3. The lowest BCUT2D eigenvalue weighted by atomic mass is 9.94. The summed E-state index contributed by atoms with van der Waals surface area (Å²) in [5.41, 5.74) is -3.35. The Hall–Kier alpha value is -2.03. The van der Waals surface area contributed by atoms with Gasteiger partial charge in [-0.2, -0.15) is 13.2 Å². The van der Waals surface area contributed by atoms with E-state index in [-0.39, 0.29) is 6.61 Å². The number of rotatable bonds is 5. The summed E-state index contributed by atoms with van der Waals surface area (Å²) < 4.78 is 37.8. The van der Waals surface area contributed by atoms with E-state index in [0.29, 0.717) is 25.1 Å². The van der Waals surface area contributed by atoms with Gasteiger partial charge < -0.3 is 20.7 Å². The van der Waals surface area contributed by atoms with Crippen LogP contribution < -0.4 is 16.2 Å². The molecule has 0 unspecified atom stereocenters. The number of nitrogens with one attached hydrogen (secondary N) is 3. The van der Waals surface area contributed by atoms with Crippen molar-refractivity contribution in [2.75, 3.05) is 11.9 Å². The van der Waals surface area contributed by atoms with Gasteiger partial charge in [-0.25, -0.2) is 4.79 Å². The number of carbonyl (C=O) groups excluding carboxylic acids is 1. The highest BCUT2D eigenvalue weighted by Crippen LogP contribution is 2.29. The normalized spacial score (nSPS) is 12.1. The minimum absolute atomic E-state index is 0.327. The van der Waals surface area contributed by atoms with Crippen LogP contribution in [0.15, 0.2) is 17.1 Å². The van der Waals surface area contributed by atoms with Crippen molar-refractivity contribution in [2.45, 2.75) is 38.4 Å². The summed E-state index contributed by atoms with van der Waals surface area (Å²) in [6, 6.07) is -0.306. The summed E-state index contributed by atoms with van der Waals surface area (Å²) in [6.45, 7) is 3.17. The average Bonchev–Trinajstić information content (AvgIpc) is 2.46. The molecule has 1 aromatic heterocycles. The summed E-state index contributed by atoms with van der Waals surface area (Å²) in [5, 5.41) is 13.9. The first-order valence-corrected chi connectivity index (χ1v) is 6.67. The molecule has 22 heavy (non-hydrogen) atoms. The molecule has 0 saturated heterocycles. The van der Waals surface area contributed by atoms with Gasteiger partial charge in [-0.05, 0) is 18.9 Å². The number of H-pyrrole nitrogens is 1. The van der Waals surface area contributed by atoms with Gasteiger partial charge in [0.05, 0.1) is 17.7 Å². The van der Waals surface area contributed by atoms with Crippen LogP contribution in [0.2, 0.25) is 0 Å². The Balaban J connectivity index is 2.95. The van der Waals surface area contributed by atoms with Gasteiger partial charge in [-0.3, -0.25) is 4.79 Å². The molecule has 1 heterocycles. The number of alkyl halides is 3. The van der Waals surface area contributed by atoms with Crippen LogP contribution in [-0.2, 0) is 6.18 Å². The fraction of sp³-hybridized carbons (Fsp3) is 0.538. The van der Waals surface area contributed by atoms with Crippen LogP contribution in [0.5, 0.6) is 0 Å². The van der Waals surface area contributed by atoms with Crippen LogP contribution in [-0.4, -0.2) is 28.3 Å². The van der Waals surface area contributed by atoms with Gasteiger partial charge in [0.15, 0.2) is 0 Å². The molecule has 6 nitrogen and oxygen atoms in total. The number of aromatic nitrogens is 1. The van der Waals surface area contributed by atoms with E-state index in [1.165, 1.54) is 0 Å². The minimum atomic E-state index is -4.64. The monoisotopic (exact) mass is 321 g/mol. The average molecular weight is 321 g/mol. The quantitative estimate of drug-likeness (QED) is 0.669. The molecule has 0 spiro atoms. The van der Waals surface area contributed by atoms with Gasteiger partial charge in [0.25, 0.3) is 5.56 Å². The number of aliphatic hydroxyl groups is 1. The van der Waals surface area contributed by atoms with Crippen molar-refractivity contribution < 1.29 is 23.1 Å². The first-order chi connectivity index (χ1) is 10.2. The van der Waals surface area contributed by atoms with E-state index in [4.69, 9.17) is 0 Å². The van der Waals surface area contributed by atoms with E-state index >= 15 is 0 Å². The highest BCUT2D eigenvalue weighted by atomic mass is 19.4. The molecule has 124 valence electrons. The second-order valence-corrected chi connectivity index (χ2v) is 4.85. The van der Waals surface area contributed by atoms with Crippen LogP contribution in [0.1, 0.15) is 32.3 Å². The highest BCUT2D eigenvalue weighted by Gasteiger charge is 2.32. The largest absolute Gasteiger partial charge is 0.417 e. The van der Waals surface area contributed by atoms with E-state index in [1.54, 1.807) is 13.8 Å². The smallest absolute Gasteiger partial charge is 0.394 e. The zero-order valence-corrected chi connectivity index (χ0v) is 12.2. The van der Waals surface area contributed by atoms with E-state index in [0.717, 1.165) is 0 Å². The zero-order chi connectivity index (χ0) is 17.0. The fourth-order valence-electron chi connectivity index (χ4n) is 1.82. The van der Waals surface area contributed by atoms with Crippen LogP contribution in [0, 0.1) is 0 Å². The number of aromatic amines is 1. The minimum Gasteiger partial charge on any atom is -0.394 e. The molecule has 2 amide bonds. The predicted octanol–water partition coefficient (Wildman–Crippen LogP) is 2.07. The summed E-state index contributed by atoms with van der Waals surface area (Å²) in [4.78, 5) is 25.3. The van der Waals surface area contributed by atoms with Crippen LogP contribution in [0.3, 0.4) is 0 Å². The van der Waals surface area contributed by atoms with Gasteiger partial charge in [0.2, 0.25) is 0 Å². The lowest BCUT2D eigenvalue weighted by molar-refractivity contribution is -0.137. The van der Waals surface area contributed by atoms with Crippen molar-refractivity contribution in [1.29, 1.82) is 0 Å². The molecule has 1 rings (SSSR count). The van der Waals surface area contributed by atoms with E-state index in [2.05, 4.69) is 10.6 Å². The Bertz CT molecular complexity index is 572. The number of anilines is 1. The Kier molecular flexibility index (Phi) is 5.59. The van der Waals surface area contributed by atoms with Gasteiger partial charge in [0, 0.05) is 6.20 Å². The molecule has 0 aliphatic rings. The lowest BCUT2D eigenvalue weighted by Gasteiger charge is -2.30. The Labute approximate surface area is 124 Å². The second-order valence-electron chi connectivity index (χ2n) is 4.85. The molecule has 1 aromatic rings. The van der Waals surface area contributed by atoms with Crippen LogP contribution in [0.25, 0.3) is 0 Å². The Morgan fingerprint density at radius 2 is 1.91 bits per heavy atom. The molecule has 0 bridgehead atoms. The standard InChI is InChI=1S/C13H18F3N3O3/c1-3-12(4-2,7-20)19-11(22)18-9-5-8(13(14,15)16)6-17-10(9)21/h5-6,20H,3-4,7H2,1-2H3,(H,17,21)(H2,18,19,22). The molecule has 0 aromatic carbocycles. The summed E-state index contributed by atoms with van der Waals surface area (Å²) >= 11 is 0. The van der Waals surface area contributed by atoms with Gasteiger partial charge in [0.1, 0.15) is 5.69 Å². The molecule has 0 aliphatic heterocycles. The molecule has 0 fully saturated rings. The number of urea groups is 1. The molecule has 0 saturated carbocycles. The van der Waals surface area contributed by atoms with E-state index in [1.807, 2.05) is 4.98 Å². The summed E-state index contributed by atoms with van der Waals surface area (Å²) in [6.07, 6.45) is -3.26. The predicted molar refractivity (Wildman–Crippen MR) is 74.6 cm³/mol. The third kappa shape index (κ3) is 4.23. The first-order valence-electron chi connectivity index (χ1n) is 6.67. The van der Waals surface area contributed by atoms with Crippen molar-refractivity contribution in [1.82, 2.24) is 10.3 Å². The lowest BCUT2D eigenvalue weighted by Crippen LogP contribution is -2.52. The Morgan fingerprint density at radius 3 is 2.36 bits per heavy atom. The number of halogens is 3. The highest BCUT2D eigenvalue weighted by molar-refractivity contribution is 5.89. The second kappa shape index (κ2) is 6.82. The van der Waals surface area contributed by atoms with Gasteiger partial charge in [-0.15, -0.1) is 0 Å². The SMILES string of the molecule is CCC(CC)(CO)NC(=O)Nc1cc(C(F)(F)F)c[nH]c1=O. The van der Waals surface area contributed by atoms with Gasteiger partial charge in [-0.1, -0.05) is 13.8 Å². The first kappa shape index (κ1) is 18.0. The van der Waals surface area contributed by atoms with E-state index in [9.17, 15) is 27.9 Å². The number of pyridine rings is 1. The number of hydrogen-bond acceptors (Lipinski definition) is 3. The maximum atomic E-state index is 12.6. The molecule has 0 aliphatic carbocycles. The van der Waals surface area contributed by atoms with Crippen LogP contribution in [0.4, 0.5) is 23.7 Å². The van der Waals surface area contributed by atoms with Crippen LogP contribution >= 0.6 is 0 Å². The summed E-state index contributed by atoms with van der Waals surface area (Å²) in [7, 11) is 0. The molecule has 9 heteroatoms. The third-order valence-electron chi connectivity index (χ3n) is 3.51. The molecular weight excluding hydrogens is 303 g/mol. The van der Waals surface area contributed by atoms with Crippen molar-refractivity contribution in [3.8, 4) is 0 Å². The van der Waals surface area contributed by atoms with E-state index < -0.39 is 34.6 Å². The number of carbonyl (C=O) groups is 1. The number of aliphatic hydroxyl groups excluding tert-OH is 1. The van der Waals surface area contributed by atoms with Crippen molar-refractivity contribution >= 4 is 11.7 Å². The Morgan fingerprint density at radius 1 is 1.32 bits per heavy atom. The number of amides is 2. The van der Waals surface area contributed by atoms with Crippen molar-refractivity contribution in [3.05, 3.63) is 28.2 Å². The summed E-state index contributed by atoms with van der Waals surface area (Å²) in [5.74, 6) is 0. The fourth-order valence-corrected chi connectivity index (χ4v) is 1.82.